The van der Waals surface area contributed by atoms with E-state index in [1.807, 2.05) is 0 Å². The Bertz CT molecular complexity index is 1540. The van der Waals surface area contributed by atoms with E-state index in [-0.39, 0.29) is 43.3 Å². The first-order valence-electron chi connectivity index (χ1n) is 14.3. The number of carbonyl (C=O) groups excluding carboxylic acids is 2. The lowest BCUT2D eigenvalue weighted by Gasteiger charge is -2.42. The Hall–Kier alpha value is -4.65. The monoisotopic (exact) mass is 567 g/mol. The summed E-state index contributed by atoms with van der Waals surface area (Å²) in [5, 5.41) is 11.9. The number of nitriles is 1. The molecule has 1 atom stereocenters. The van der Waals surface area contributed by atoms with Crippen LogP contribution in [0, 0.1) is 18.3 Å². The molecule has 0 saturated carbocycles. The van der Waals surface area contributed by atoms with Gasteiger partial charge in [0, 0.05) is 56.9 Å². The summed E-state index contributed by atoms with van der Waals surface area (Å²) in [6, 6.07) is 14.9. The highest BCUT2D eigenvalue weighted by molar-refractivity contribution is 5.97. The van der Waals surface area contributed by atoms with Gasteiger partial charge < -0.3 is 24.3 Å². The topological polar surface area (TPSA) is 106 Å². The number of hydrogen-bond acceptors (Lipinski definition) is 8. The fourth-order valence-electron chi connectivity index (χ4n) is 5.88. The van der Waals surface area contributed by atoms with E-state index in [0.29, 0.717) is 26.2 Å². The number of benzene rings is 2. The Balaban J connectivity index is 1.48. The molecular formula is C32H37N7O3. The first-order valence-corrected chi connectivity index (χ1v) is 14.3. The maximum absolute atomic E-state index is 12.5. The summed E-state index contributed by atoms with van der Waals surface area (Å²) < 4.78 is 5.96. The molecule has 0 N–H and O–H groups in total. The van der Waals surface area contributed by atoms with Crippen LogP contribution >= 0.6 is 0 Å². The number of anilines is 2. The summed E-state index contributed by atoms with van der Waals surface area (Å²) in [5.41, 5.74) is 4.33. The number of amides is 2. The Morgan fingerprint density at radius 2 is 1.93 bits per heavy atom. The van der Waals surface area contributed by atoms with Crippen LogP contribution in [-0.2, 0) is 22.6 Å². The molecule has 0 spiro atoms. The lowest BCUT2D eigenvalue weighted by Crippen LogP contribution is -2.55. The van der Waals surface area contributed by atoms with Gasteiger partial charge in [-0.15, -0.1) is 0 Å². The molecule has 42 heavy (non-hydrogen) atoms. The maximum atomic E-state index is 12.5. The Morgan fingerprint density at radius 3 is 2.67 bits per heavy atom. The third-order valence-electron chi connectivity index (χ3n) is 8.07. The number of aryl methyl sites for hydroxylation is 1. The second-order valence-electron chi connectivity index (χ2n) is 11.0. The molecular weight excluding hydrogens is 530 g/mol. The van der Waals surface area contributed by atoms with E-state index in [4.69, 9.17) is 14.7 Å². The van der Waals surface area contributed by atoms with Crippen LogP contribution in [0.1, 0.15) is 29.7 Å². The molecule has 2 amide bonds. The van der Waals surface area contributed by atoms with Crippen LogP contribution in [0.3, 0.4) is 0 Å². The zero-order chi connectivity index (χ0) is 29.8. The zero-order valence-electron chi connectivity index (χ0n) is 24.5. The molecule has 3 heterocycles. The van der Waals surface area contributed by atoms with E-state index >= 15 is 0 Å². The predicted molar refractivity (Wildman–Crippen MR) is 162 cm³/mol. The number of rotatable bonds is 8. The van der Waals surface area contributed by atoms with Gasteiger partial charge in [0.1, 0.15) is 12.4 Å². The summed E-state index contributed by atoms with van der Waals surface area (Å²) in [5.74, 6) is 0.569. The lowest BCUT2D eigenvalue weighted by atomic mass is 9.99. The van der Waals surface area contributed by atoms with E-state index in [2.05, 4.69) is 65.8 Å². The standard InChI is InChI=1S/C32H37N7O3/c1-5-28(40)39-18-17-38(20-24(39)12-15-33)31-25-13-16-37(27-11-7-10-23-9-6-8-22(2)30(23)27)21-26(25)34-32(35-31)42-19-14-29(41)36(3)4/h5-11,24H,1,12-14,16-21H2,2-4H3. The fraction of sp³-hybridized carbons (Fsp3) is 0.406. The Morgan fingerprint density at radius 1 is 1.14 bits per heavy atom. The Labute approximate surface area is 246 Å². The minimum absolute atomic E-state index is 0.0342. The molecule has 1 fully saturated rings. The molecule has 5 rings (SSSR count). The molecule has 10 nitrogen and oxygen atoms in total. The average molecular weight is 568 g/mol. The van der Waals surface area contributed by atoms with Gasteiger partial charge in [0.2, 0.25) is 11.8 Å². The normalized spacial score (nSPS) is 16.5. The average Bonchev–Trinajstić information content (AvgIpc) is 3.00. The van der Waals surface area contributed by atoms with Crippen LogP contribution in [0.25, 0.3) is 10.8 Å². The molecule has 0 bridgehead atoms. The second kappa shape index (κ2) is 12.5. The third-order valence-corrected chi connectivity index (χ3v) is 8.07. The van der Waals surface area contributed by atoms with Gasteiger partial charge >= 0.3 is 6.01 Å². The van der Waals surface area contributed by atoms with Crippen molar-refractivity contribution in [1.82, 2.24) is 19.8 Å². The lowest BCUT2D eigenvalue weighted by molar-refractivity contribution is -0.129. The van der Waals surface area contributed by atoms with E-state index < -0.39 is 0 Å². The van der Waals surface area contributed by atoms with Crippen LogP contribution < -0.4 is 14.5 Å². The molecule has 1 unspecified atom stereocenters. The summed E-state index contributed by atoms with van der Waals surface area (Å²) in [6.07, 6.45) is 2.47. The number of aromatic nitrogens is 2. The van der Waals surface area contributed by atoms with E-state index in [0.717, 1.165) is 30.0 Å². The van der Waals surface area contributed by atoms with Crippen LogP contribution in [0.2, 0.25) is 0 Å². The summed E-state index contributed by atoms with van der Waals surface area (Å²) in [7, 11) is 3.43. The molecule has 1 aromatic heterocycles. The second-order valence-corrected chi connectivity index (χ2v) is 11.0. The zero-order valence-corrected chi connectivity index (χ0v) is 24.5. The van der Waals surface area contributed by atoms with Gasteiger partial charge in [-0.25, -0.2) is 0 Å². The number of carbonyl (C=O) groups is 2. The van der Waals surface area contributed by atoms with Gasteiger partial charge in [-0.1, -0.05) is 36.9 Å². The quantitative estimate of drug-likeness (QED) is 0.381. The van der Waals surface area contributed by atoms with Gasteiger partial charge in [-0.05, 0) is 36.4 Å². The largest absolute Gasteiger partial charge is 0.463 e. The van der Waals surface area contributed by atoms with Crippen LogP contribution in [0.4, 0.5) is 11.5 Å². The summed E-state index contributed by atoms with van der Waals surface area (Å²) >= 11 is 0. The number of piperazine rings is 1. The molecule has 2 aromatic carbocycles. The molecule has 2 aliphatic heterocycles. The van der Waals surface area contributed by atoms with Crippen molar-refractivity contribution in [2.45, 2.75) is 38.8 Å². The fourth-order valence-corrected chi connectivity index (χ4v) is 5.88. The first kappa shape index (κ1) is 28.9. The molecule has 3 aromatic rings. The summed E-state index contributed by atoms with van der Waals surface area (Å²) in [4.78, 5) is 42.1. The van der Waals surface area contributed by atoms with Crippen molar-refractivity contribution >= 4 is 34.1 Å². The van der Waals surface area contributed by atoms with Gasteiger partial charge in [0.05, 0.1) is 37.2 Å². The van der Waals surface area contributed by atoms with Crippen molar-refractivity contribution < 1.29 is 14.3 Å². The van der Waals surface area contributed by atoms with Crippen molar-refractivity contribution in [3.63, 3.8) is 0 Å². The molecule has 10 heteroatoms. The summed E-state index contributed by atoms with van der Waals surface area (Å²) in [6.45, 7) is 8.82. The van der Waals surface area contributed by atoms with E-state index in [1.165, 1.54) is 33.0 Å². The minimum Gasteiger partial charge on any atom is -0.463 e. The van der Waals surface area contributed by atoms with Crippen molar-refractivity contribution in [2.24, 2.45) is 0 Å². The van der Waals surface area contributed by atoms with Crippen molar-refractivity contribution in [1.29, 1.82) is 5.26 Å². The number of ether oxygens (including phenoxy) is 1. The van der Waals surface area contributed by atoms with Crippen LogP contribution in [0.5, 0.6) is 6.01 Å². The van der Waals surface area contributed by atoms with E-state index in [1.54, 1.807) is 19.0 Å². The van der Waals surface area contributed by atoms with Gasteiger partial charge in [-0.3, -0.25) is 9.59 Å². The number of nitrogens with zero attached hydrogens (tertiary/aromatic N) is 7. The SMILES string of the molecule is C=CC(=O)N1CCN(c2nc(OCCC(=O)N(C)C)nc3c2CCN(c2cccc4cccc(C)c24)C3)CC1CC#N. The van der Waals surface area contributed by atoms with Gasteiger partial charge in [0.15, 0.2) is 0 Å². The van der Waals surface area contributed by atoms with Crippen molar-refractivity contribution in [2.75, 3.05) is 56.7 Å². The molecule has 0 aliphatic carbocycles. The molecule has 2 aliphatic rings. The third kappa shape index (κ3) is 5.86. The highest BCUT2D eigenvalue weighted by atomic mass is 16.5. The number of fused-ring (bicyclic) bond motifs is 2. The Kier molecular flexibility index (Phi) is 8.57. The predicted octanol–water partition coefficient (Wildman–Crippen LogP) is 3.47. The smallest absolute Gasteiger partial charge is 0.318 e. The van der Waals surface area contributed by atoms with Crippen molar-refractivity contribution in [3.05, 3.63) is 65.9 Å². The first-order chi connectivity index (χ1) is 20.3. The number of hydrogen-bond donors (Lipinski definition) is 0. The van der Waals surface area contributed by atoms with E-state index in [9.17, 15) is 14.9 Å². The maximum Gasteiger partial charge on any atom is 0.318 e. The van der Waals surface area contributed by atoms with Gasteiger partial charge in [-0.2, -0.15) is 15.2 Å². The minimum atomic E-state index is -0.277. The molecule has 218 valence electrons. The van der Waals surface area contributed by atoms with Crippen LogP contribution in [0.15, 0.2) is 49.1 Å². The highest BCUT2D eigenvalue weighted by Gasteiger charge is 2.33. The van der Waals surface area contributed by atoms with Crippen molar-refractivity contribution in [3.8, 4) is 12.1 Å². The highest BCUT2D eigenvalue weighted by Crippen LogP contribution is 2.36. The molecule has 1 saturated heterocycles. The molecule has 0 radical (unpaired) electrons. The van der Waals surface area contributed by atoms with Crippen LogP contribution in [-0.4, -0.2) is 84.5 Å². The van der Waals surface area contributed by atoms with Gasteiger partial charge in [0.25, 0.3) is 0 Å².